The molecule has 1 aromatic rings. The number of nitrogens with two attached hydrogens (primary N) is 1. The molecule has 0 heterocycles. The lowest BCUT2D eigenvalue weighted by atomic mass is 9.99. The minimum Gasteiger partial charge on any atom is -0.369 e. The second kappa shape index (κ2) is 9.09. The summed E-state index contributed by atoms with van der Waals surface area (Å²) in [5.41, 5.74) is 10.3. The van der Waals surface area contributed by atoms with Crippen LogP contribution < -0.4 is 10.6 Å². The number of rotatable bonds is 9. The van der Waals surface area contributed by atoms with E-state index in [9.17, 15) is 0 Å². The molecular weight excluding hydrogens is 256 g/mol. The molecule has 0 spiro atoms. The van der Waals surface area contributed by atoms with Crippen LogP contribution in [0.15, 0.2) is 18.2 Å². The van der Waals surface area contributed by atoms with Gasteiger partial charge in [-0.25, -0.2) is 0 Å². The summed E-state index contributed by atoms with van der Waals surface area (Å²) >= 11 is 0. The molecule has 2 heteroatoms. The van der Waals surface area contributed by atoms with Crippen LogP contribution >= 0.6 is 0 Å². The van der Waals surface area contributed by atoms with E-state index in [1.807, 2.05) is 0 Å². The van der Waals surface area contributed by atoms with Crippen LogP contribution in [0.2, 0.25) is 0 Å². The number of hydrogen-bond donors (Lipinski definition) is 1. The molecule has 0 saturated heterocycles. The van der Waals surface area contributed by atoms with E-state index in [-0.39, 0.29) is 6.04 Å². The van der Waals surface area contributed by atoms with Gasteiger partial charge in [0.1, 0.15) is 0 Å². The fourth-order valence-electron chi connectivity index (χ4n) is 2.77. The second-order valence-electron chi connectivity index (χ2n) is 6.50. The van der Waals surface area contributed by atoms with Gasteiger partial charge in [-0.2, -0.15) is 0 Å². The van der Waals surface area contributed by atoms with Crippen molar-refractivity contribution < 1.29 is 0 Å². The molecular formula is C19H34N2. The molecule has 1 atom stereocenters. The van der Waals surface area contributed by atoms with Gasteiger partial charge in [0.25, 0.3) is 0 Å². The van der Waals surface area contributed by atoms with Gasteiger partial charge >= 0.3 is 0 Å². The molecule has 2 N–H and O–H groups in total. The number of nitrogens with zero attached hydrogens (tertiary/aromatic N) is 1. The van der Waals surface area contributed by atoms with Crippen molar-refractivity contribution in [3.05, 3.63) is 29.3 Å². The van der Waals surface area contributed by atoms with Gasteiger partial charge in [0.2, 0.25) is 0 Å². The van der Waals surface area contributed by atoms with E-state index >= 15 is 0 Å². The summed E-state index contributed by atoms with van der Waals surface area (Å²) < 4.78 is 0. The Morgan fingerprint density at radius 1 is 1.14 bits per heavy atom. The minimum absolute atomic E-state index is 0.259. The van der Waals surface area contributed by atoms with Crippen molar-refractivity contribution >= 4 is 5.69 Å². The van der Waals surface area contributed by atoms with E-state index in [4.69, 9.17) is 5.73 Å². The van der Waals surface area contributed by atoms with Gasteiger partial charge in [-0.1, -0.05) is 44.4 Å². The fraction of sp³-hybridized carbons (Fsp3) is 0.684. The van der Waals surface area contributed by atoms with Gasteiger partial charge in [-0.15, -0.1) is 0 Å². The van der Waals surface area contributed by atoms with E-state index < -0.39 is 0 Å². The van der Waals surface area contributed by atoms with Gasteiger partial charge in [0, 0.05) is 24.3 Å². The highest BCUT2D eigenvalue weighted by Gasteiger charge is 2.15. The SMILES string of the molecule is CCCCCN(c1ccc(C)cc1CC(N)CC)C(C)C. The highest BCUT2D eigenvalue weighted by Crippen LogP contribution is 2.26. The van der Waals surface area contributed by atoms with E-state index in [0.717, 1.165) is 19.4 Å². The topological polar surface area (TPSA) is 29.3 Å². The highest BCUT2D eigenvalue weighted by molar-refractivity contribution is 5.56. The predicted octanol–water partition coefficient (Wildman–Crippen LogP) is 4.68. The van der Waals surface area contributed by atoms with Crippen molar-refractivity contribution in [3.63, 3.8) is 0 Å². The van der Waals surface area contributed by atoms with Crippen molar-refractivity contribution in [2.24, 2.45) is 5.73 Å². The van der Waals surface area contributed by atoms with Crippen LogP contribution in [-0.2, 0) is 6.42 Å². The van der Waals surface area contributed by atoms with Gasteiger partial charge in [0.05, 0.1) is 0 Å². The van der Waals surface area contributed by atoms with Crippen LogP contribution in [0, 0.1) is 6.92 Å². The average Bonchev–Trinajstić information content (AvgIpc) is 2.44. The number of hydrogen-bond acceptors (Lipinski definition) is 2. The number of benzene rings is 1. The molecule has 1 rings (SSSR count). The normalized spacial score (nSPS) is 12.7. The maximum atomic E-state index is 6.20. The molecule has 21 heavy (non-hydrogen) atoms. The summed E-state index contributed by atoms with van der Waals surface area (Å²) in [4.78, 5) is 2.55. The first-order valence-electron chi connectivity index (χ1n) is 8.61. The third kappa shape index (κ3) is 5.70. The lowest BCUT2D eigenvalue weighted by molar-refractivity contribution is 0.613. The van der Waals surface area contributed by atoms with E-state index in [2.05, 4.69) is 57.7 Å². The molecule has 0 amide bonds. The smallest absolute Gasteiger partial charge is 0.0401 e. The van der Waals surface area contributed by atoms with Crippen LogP contribution in [-0.4, -0.2) is 18.6 Å². The molecule has 0 saturated carbocycles. The maximum absolute atomic E-state index is 6.20. The number of anilines is 1. The zero-order chi connectivity index (χ0) is 15.8. The molecule has 120 valence electrons. The molecule has 0 aliphatic rings. The lowest BCUT2D eigenvalue weighted by Crippen LogP contribution is -2.33. The predicted molar refractivity (Wildman–Crippen MR) is 95.2 cm³/mol. The van der Waals surface area contributed by atoms with Crippen LogP contribution in [0.4, 0.5) is 5.69 Å². The molecule has 2 nitrogen and oxygen atoms in total. The first-order chi connectivity index (χ1) is 9.99. The van der Waals surface area contributed by atoms with Crippen molar-refractivity contribution in [2.45, 2.75) is 78.8 Å². The fourth-order valence-corrected chi connectivity index (χ4v) is 2.77. The van der Waals surface area contributed by atoms with Gasteiger partial charge in [-0.05, 0) is 51.7 Å². The van der Waals surface area contributed by atoms with E-state index in [0.29, 0.717) is 6.04 Å². The van der Waals surface area contributed by atoms with E-state index in [1.54, 1.807) is 0 Å². The van der Waals surface area contributed by atoms with Gasteiger partial charge < -0.3 is 10.6 Å². The summed E-state index contributed by atoms with van der Waals surface area (Å²) in [6.07, 6.45) is 5.85. The lowest BCUT2D eigenvalue weighted by Gasteiger charge is -2.32. The molecule has 0 aliphatic heterocycles. The van der Waals surface area contributed by atoms with Crippen molar-refractivity contribution in [2.75, 3.05) is 11.4 Å². The third-order valence-corrected chi connectivity index (χ3v) is 4.18. The zero-order valence-electron chi connectivity index (χ0n) is 14.7. The Bertz CT molecular complexity index is 412. The van der Waals surface area contributed by atoms with Crippen LogP contribution in [0.3, 0.4) is 0 Å². The molecule has 0 fully saturated rings. The van der Waals surface area contributed by atoms with Crippen LogP contribution in [0.1, 0.15) is 64.5 Å². The molecule has 1 aromatic carbocycles. The first-order valence-corrected chi connectivity index (χ1v) is 8.61. The molecule has 0 radical (unpaired) electrons. The average molecular weight is 290 g/mol. The molecule has 1 unspecified atom stereocenters. The van der Waals surface area contributed by atoms with E-state index in [1.165, 1.54) is 36.1 Å². The van der Waals surface area contributed by atoms with Gasteiger partial charge in [0.15, 0.2) is 0 Å². The molecule has 0 aliphatic carbocycles. The molecule has 0 aromatic heterocycles. The Morgan fingerprint density at radius 3 is 2.43 bits per heavy atom. The van der Waals surface area contributed by atoms with Crippen LogP contribution in [0.25, 0.3) is 0 Å². The Morgan fingerprint density at radius 2 is 1.86 bits per heavy atom. The maximum Gasteiger partial charge on any atom is 0.0401 e. The van der Waals surface area contributed by atoms with Crippen molar-refractivity contribution in [3.8, 4) is 0 Å². The summed E-state index contributed by atoms with van der Waals surface area (Å²) in [6, 6.07) is 7.63. The Labute approximate surface area is 131 Å². The third-order valence-electron chi connectivity index (χ3n) is 4.18. The van der Waals surface area contributed by atoms with Crippen LogP contribution in [0.5, 0.6) is 0 Å². The summed E-state index contributed by atoms with van der Waals surface area (Å²) in [6.45, 7) is 12.3. The zero-order valence-corrected chi connectivity index (χ0v) is 14.7. The summed E-state index contributed by atoms with van der Waals surface area (Å²) in [5, 5.41) is 0. The molecule has 0 bridgehead atoms. The number of unbranched alkanes of at least 4 members (excludes halogenated alkanes) is 2. The summed E-state index contributed by atoms with van der Waals surface area (Å²) in [5.74, 6) is 0. The largest absolute Gasteiger partial charge is 0.369 e. The minimum atomic E-state index is 0.259. The Balaban J connectivity index is 2.99. The summed E-state index contributed by atoms with van der Waals surface area (Å²) in [7, 11) is 0. The van der Waals surface area contributed by atoms with Crippen molar-refractivity contribution in [1.82, 2.24) is 0 Å². The monoisotopic (exact) mass is 290 g/mol. The first kappa shape index (κ1) is 18.0. The quantitative estimate of drug-likeness (QED) is 0.669. The highest BCUT2D eigenvalue weighted by atomic mass is 15.1. The number of aryl methyl sites for hydroxylation is 1. The van der Waals surface area contributed by atoms with Crippen molar-refractivity contribution in [1.29, 1.82) is 0 Å². The van der Waals surface area contributed by atoms with Gasteiger partial charge in [-0.3, -0.25) is 0 Å². The second-order valence-corrected chi connectivity index (χ2v) is 6.50. The Kier molecular flexibility index (Phi) is 7.81. The Hall–Kier alpha value is -1.02. The standard InChI is InChI=1S/C19H34N2/c1-6-8-9-12-21(15(3)4)19-11-10-16(5)13-17(19)14-18(20)7-2/h10-11,13,15,18H,6-9,12,14,20H2,1-5H3.